The number of benzene rings is 2. The molecule has 2 aromatic carbocycles. The number of esters is 1. The molecule has 0 fully saturated rings. The third-order valence-electron chi connectivity index (χ3n) is 3.77. The van der Waals surface area contributed by atoms with Gasteiger partial charge in [-0.05, 0) is 29.4 Å². The van der Waals surface area contributed by atoms with Gasteiger partial charge in [-0.3, -0.25) is 4.79 Å². The first-order valence-electron chi connectivity index (χ1n) is 7.79. The minimum absolute atomic E-state index is 0.0904. The summed E-state index contributed by atoms with van der Waals surface area (Å²) in [6.45, 7) is 4.76. The molecule has 0 aromatic heterocycles. The van der Waals surface area contributed by atoms with E-state index in [0.29, 0.717) is 13.0 Å². The zero-order valence-electron chi connectivity index (χ0n) is 13.4. The molecule has 2 rings (SSSR count). The van der Waals surface area contributed by atoms with Crippen molar-refractivity contribution in [2.75, 3.05) is 0 Å². The van der Waals surface area contributed by atoms with Crippen molar-refractivity contribution in [1.82, 2.24) is 0 Å². The molecule has 0 saturated carbocycles. The van der Waals surface area contributed by atoms with E-state index in [0.717, 1.165) is 18.4 Å². The van der Waals surface area contributed by atoms with Gasteiger partial charge in [0.15, 0.2) is 0 Å². The van der Waals surface area contributed by atoms with Crippen molar-refractivity contribution in [2.24, 2.45) is 5.41 Å². The molecule has 116 valence electrons. The van der Waals surface area contributed by atoms with Crippen LogP contribution in [0.15, 0.2) is 60.7 Å². The van der Waals surface area contributed by atoms with Gasteiger partial charge in [-0.15, -0.1) is 0 Å². The monoisotopic (exact) mass is 296 g/mol. The third-order valence-corrected chi connectivity index (χ3v) is 3.77. The van der Waals surface area contributed by atoms with Crippen LogP contribution in [0.4, 0.5) is 0 Å². The Morgan fingerprint density at radius 3 is 2.05 bits per heavy atom. The van der Waals surface area contributed by atoms with Crippen LogP contribution in [0.3, 0.4) is 0 Å². The van der Waals surface area contributed by atoms with Crippen LogP contribution < -0.4 is 0 Å². The first-order valence-corrected chi connectivity index (χ1v) is 7.79. The van der Waals surface area contributed by atoms with E-state index in [4.69, 9.17) is 4.74 Å². The zero-order valence-corrected chi connectivity index (χ0v) is 13.4. The van der Waals surface area contributed by atoms with Crippen molar-refractivity contribution < 1.29 is 9.53 Å². The van der Waals surface area contributed by atoms with Gasteiger partial charge >= 0.3 is 5.97 Å². The molecule has 2 nitrogen and oxygen atoms in total. The fourth-order valence-corrected chi connectivity index (χ4v) is 2.49. The summed E-state index contributed by atoms with van der Waals surface area (Å²) in [5.74, 6) is -0.120. The molecule has 0 amide bonds. The van der Waals surface area contributed by atoms with E-state index in [-0.39, 0.29) is 11.4 Å². The van der Waals surface area contributed by atoms with Crippen LogP contribution in [0, 0.1) is 5.41 Å². The molecular formula is C20H24O2. The van der Waals surface area contributed by atoms with Crippen LogP contribution in [0.2, 0.25) is 0 Å². The van der Waals surface area contributed by atoms with Gasteiger partial charge in [0.25, 0.3) is 0 Å². The van der Waals surface area contributed by atoms with Crippen LogP contribution in [0.25, 0.3) is 0 Å². The second kappa shape index (κ2) is 7.79. The van der Waals surface area contributed by atoms with Crippen molar-refractivity contribution in [3.8, 4) is 0 Å². The van der Waals surface area contributed by atoms with Crippen molar-refractivity contribution in [3.63, 3.8) is 0 Å². The highest BCUT2D eigenvalue weighted by atomic mass is 16.5. The summed E-state index contributed by atoms with van der Waals surface area (Å²) in [7, 11) is 0. The molecule has 0 aliphatic rings. The maximum absolute atomic E-state index is 11.9. The van der Waals surface area contributed by atoms with Crippen LogP contribution in [0.1, 0.15) is 37.8 Å². The SMILES string of the molecule is CC(C)(CCC(=O)OCc1ccccc1)Cc1ccccc1. The molecule has 2 heteroatoms. The normalized spacial score (nSPS) is 11.2. The smallest absolute Gasteiger partial charge is 0.306 e. The van der Waals surface area contributed by atoms with Gasteiger partial charge in [0, 0.05) is 6.42 Å². The summed E-state index contributed by atoms with van der Waals surface area (Å²) in [6, 6.07) is 20.2. The molecule has 0 atom stereocenters. The lowest BCUT2D eigenvalue weighted by atomic mass is 9.81. The lowest BCUT2D eigenvalue weighted by molar-refractivity contribution is -0.145. The van der Waals surface area contributed by atoms with Crippen molar-refractivity contribution in [1.29, 1.82) is 0 Å². The Labute approximate surface area is 133 Å². The fourth-order valence-electron chi connectivity index (χ4n) is 2.49. The second-order valence-electron chi connectivity index (χ2n) is 6.47. The highest BCUT2D eigenvalue weighted by Crippen LogP contribution is 2.27. The second-order valence-corrected chi connectivity index (χ2v) is 6.47. The summed E-state index contributed by atoms with van der Waals surface area (Å²) < 4.78 is 5.33. The molecule has 22 heavy (non-hydrogen) atoms. The lowest BCUT2D eigenvalue weighted by Crippen LogP contribution is -2.17. The molecule has 0 aliphatic heterocycles. The van der Waals surface area contributed by atoms with Gasteiger partial charge in [-0.2, -0.15) is 0 Å². The Kier molecular flexibility index (Phi) is 5.76. The van der Waals surface area contributed by atoms with E-state index >= 15 is 0 Å². The van der Waals surface area contributed by atoms with Crippen molar-refractivity contribution in [3.05, 3.63) is 71.8 Å². The maximum atomic E-state index is 11.9. The van der Waals surface area contributed by atoms with E-state index in [2.05, 4.69) is 38.1 Å². The molecule has 0 spiro atoms. The van der Waals surface area contributed by atoms with E-state index in [1.165, 1.54) is 5.56 Å². The molecule has 0 radical (unpaired) electrons. The molecule has 0 N–H and O–H groups in total. The van der Waals surface area contributed by atoms with Gasteiger partial charge in [0.05, 0.1) is 0 Å². The predicted molar refractivity (Wildman–Crippen MR) is 89.4 cm³/mol. The van der Waals surface area contributed by atoms with E-state index in [9.17, 15) is 4.79 Å². The van der Waals surface area contributed by atoms with Gasteiger partial charge in [0.2, 0.25) is 0 Å². The number of hydrogen-bond acceptors (Lipinski definition) is 2. The molecule has 0 bridgehead atoms. The highest BCUT2D eigenvalue weighted by molar-refractivity contribution is 5.69. The van der Waals surface area contributed by atoms with Gasteiger partial charge in [-0.1, -0.05) is 74.5 Å². The molecule has 2 aromatic rings. The predicted octanol–water partition coefficient (Wildman–Crippen LogP) is 4.78. The summed E-state index contributed by atoms with van der Waals surface area (Å²) in [4.78, 5) is 11.9. The van der Waals surface area contributed by atoms with Crippen molar-refractivity contribution >= 4 is 5.97 Å². The largest absolute Gasteiger partial charge is 0.461 e. The molecule has 0 heterocycles. The number of ether oxygens (including phenoxy) is 1. The highest BCUT2D eigenvalue weighted by Gasteiger charge is 2.20. The van der Waals surface area contributed by atoms with Crippen LogP contribution in [-0.4, -0.2) is 5.97 Å². The van der Waals surface area contributed by atoms with Crippen LogP contribution in [0.5, 0.6) is 0 Å². The molecule has 0 aliphatic carbocycles. The number of carbonyl (C=O) groups is 1. The van der Waals surface area contributed by atoms with E-state index in [1.54, 1.807) is 0 Å². The minimum Gasteiger partial charge on any atom is -0.461 e. The summed E-state index contributed by atoms with van der Waals surface area (Å²) in [5, 5.41) is 0. The van der Waals surface area contributed by atoms with Gasteiger partial charge < -0.3 is 4.74 Å². The Morgan fingerprint density at radius 1 is 0.909 bits per heavy atom. The third kappa shape index (κ3) is 5.72. The summed E-state index contributed by atoms with van der Waals surface area (Å²) in [6.07, 6.45) is 2.27. The Hall–Kier alpha value is -2.09. The quantitative estimate of drug-likeness (QED) is 0.687. The Balaban J connectivity index is 1.75. The Bertz CT molecular complexity index is 573. The standard InChI is InChI=1S/C20H24O2/c1-20(2,15-17-9-5-3-6-10-17)14-13-19(21)22-16-18-11-7-4-8-12-18/h3-12H,13-16H2,1-2H3. The van der Waals surface area contributed by atoms with E-state index in [1.807, 2.05) is 36.4 Å². The molecule has 0 unspecified atom stereocenters. The number of hydrogen-bond donors (Lipinski definition) is 0. The maximum Gasteiger partial charge on any atom is 0.306 e. The topological polar surface area (TPSA) is 26.3 Å². The fraction of sp³-hybridized carbons (Fsp3) is 0.350. The van der Waals surface area contributed by atoms with Gasteiger partial charge in [0.1, 0.15) is 6.61 Å². The first kappa shape index (κ1) is 16.3. The Morgan fingerprint density at radius 2 is 1.45 bits per heavy atom. The average molecular weight is 296 g/mol. The summed E-state index contributed by atoms with van der Waals surface area (Å²) >= 11 is 0. The van der Waals surface area contributed by atoms with Crippen molar-refractivity contribution in [2.45, 2.75) is 39.7 Å². The minimum atomic E-state index is -0.120. The number of rotatable bonds is 7. The average Bonchev–Trinajstić information content (AvgIpc) is 2.53. The zero-order chi connectivity index (χ0) is 15.8. The molecule has 0 saturated heterocycles. The molecular weight excluding hydrogens is 272 g/mol. The summed E-state index contributed by atoms with van der Waals surface area (Å²) in [5.41, 5.74) is 2.43. The first-order chi connectivity index (χ1) is 10.6. The van der Waals surface area contributed by atoms with E-state index < -0.39 is 0 Å². The van der Waals surface area contributed by atoms with Crippen LogP contribution >= 0.6 is 0 Å². The number of carbonyl (C=O) groups excluding carboxylic acids is 1. The van der Waals surface area contributed by atoms with Crippen LogP contribution in [-0.2, 0) is 22.6 Å². The van der Waals surface area contributed by atoms with Gasteiger partial charge in [-0.25, -0.2) is 0 Å². The lowest BCUT2D eigenvalue weighted by Gasteiger charge is -2.24.